The maximum Gasteiger partial charge on any atom is 0.222 e. The van der Waals surface area contributed by atoms with Crippen LogP contribution in [0.4, 0.5) is 0 Å². The van der Waals surface area contributed by atoms with Crippen LogP contribution in [0.25, 0.3) is 0 Å². The summed E-state index contributed by atoms with van der Waals surface area (Å²) in [7, 11) is 0. The van der Waals surface area contributed by atoms with E-state index in [9.17, 15) is 4.79 Å². The van der Waals surface area contributed by atoms with E-state index in [-0.39, 0.29) is 5.78 Å². The number of alkyl halides is 1. The van der Waals surface area contributed by atoms with Crippen molar-refractivity contribution < 1.29 is 14.3 Å². The van der Waals surface area contributed by atoms with Gasteiger partial charge in [-0.05, 0) is 19.3 Å². The van der Waals surface area contributed by atoms with Crippen LogP contribution in [0.2, 0.25) is 0 Å². The van der Waals surface area contributed by atoms with E-state index < -0.39 is 6.29 Å². The van der Waals surface area contributed by atoms with E-state index in [1.54, 1.807) is 12.1 Å². The molecule has 0 fully saturated rings. The molecule has 112 valence electrons. The molecule has 1 aromatic rings. The van der Waals surface area contributed by atoms with E-state index in [1.165, 1.54) is 0 Å². The van der Waals surface area contributed by atoms with Crippen molar-refractivity contribution in [1.82, 2.24) is 0 Å². The highest BCUT2D eigenvalue weighted by Gasteiger charge is 2.21. The minimum Gasteiger partial charge on any atom is -0.346 e. The Morgan fingerprint density at radius 1 is 1.10 bits per heavy atom. The fraction of sp³-hybridized carbons (Fsp3) is 0.562. The molecule has 0 amide bonds. The number of unbranched alkanes of at least 4 members (excludes halogenated alkanes) is 2. The Bertz CT molecular complexity index is 367. The molecule has 1 atom stereocenters. The zero-order valence-corrected chi connectivity index (χ0v) is 12.8. The van der Waals surface area contributed by atoms with Crippen LogP contribution in [0, 0.1) is 0 Å². The van der Waals surface area contributed by atoms with Gasteiger partial charge in [0.25, 0.3) is 0 Å². The van der Waals surface area contributed by atoms with E-state index in [4.69, 9.17) is 21.1 Å². The Labute approximate surface area is 126 Å². The van der Waals surface area contributed by atoms with Gasteiger partial charge < -0.3 is 9.47 Å². The van der Waals surface area contributed by atoms with Crippen molar-refractivity contribution in [3.63, 3.8) is 0 Å². The molecular formula is C16H23ClO3. The van der Waals surface area contributed by atoms with Crippen LogP contribution < -0.4 is 0 Å². The van der Waals surface area contributed by atoms with Crippen molar-refractivity contribution in [2.24, 2.45) is 0 Å². The van der Waals surface area contributed by atoms with Crippen LogP contribution in [0.1, 0.15) is 43.0 Å². The smallest absolute Gasteiger partial charge is 0.222 e. The predicted molar refractivity (Wildman–Crippen MR) is 81.3 cm³/mol. The van der Waals surface area contributed by atoms with Crippen LogP contribution in [-0.2, 0) is 9.47 Å². The molecular weight excluding hydrogens is 276 g/mol. The number of halogens is 1. The summed E-state index contributed by atoms with van der Waals surface area (Å²) in [6.45, 7) is 3.11. The fourth-order valence-electron chi connectivity index (χ4n) is 1.66. The first-order valence-electron chi connectivity index (χ1n) is 7.18. The highest BCUT2D eigenvalue weighted by molar-refractivity contribution is 6.17. The van der Waals surface area contributed by atoms with Gasteiger partial charge in [0.2, 0.25) is 12.1 Å². The second-order valence-electron chi connectivity index (χ2n) is 4.55. The molecule has 3 nitrogen and oxygen atoms in total. The number of ketones is 1. The van der Waals surface area contributed by atoms with E-state index in [0.29, 0.717) is 24.7 Å². The van der Waals surface area contributed by atoms with Gasteiger partial charge in [-0.15, -0.1) is 11.6 Å². The summed E-state index contributed by atoms with van der Waals surface area (Å²) in [5, 5.41) is 0. The lowest BCUT2D eigenvalue weighted by Crippen LogP contribution is -2.28. The van der Waals surface area contributed by atoms with Crippen LogP contribution >= 0.6 is 11.6 Å². The summed E-state index contributed by atoms with van der Waals surface area (Å²) in [5.74, 6) is 0.490. The molecule has 0 saturated heterocycles. The highest BCUT2D eigenvalue weighted by atomic mass is 35.5. The Hall–Kier alpha value is -0.900. The number of hydrogen-bond donors (Lipinski definition) is 0. The van der Waals surface area contributed by atoms with Crippen molar-refractivity contribution in [3.8, 4) is 0 Å². The highest BCUT2D eigenvalue weighted by Crippen LogP contribution is 2.09. The van der Waals surface area contributed by atoms with Crippen molar-refractivity contribution in [2.45, 2.75) is 38.9 Å². The minimum atomic E-state index is -0.806. The first-order valence-corrected chi connectivity index (χ1v) is 7.71. The Kier molecular flexibility index (Phi) is 9.29. The summed E-state index contributed by atoms with van der Waals surface area (Å²) in [6.07, 6.45) is 2.85. The third-order valence-corrected chi connectivity index (χ3v) is 3.10. The summed E-state index contributed by atoms with van der Waals surface area (Å²) in [6, 6.07) is 9.11. The molecule has 4 heteroatoms. The minimum absolute atomic E-state index is 0.118. The van der Waals surface area contributed by atoms with Crippen molar-refractivity contribution in [3.05, 3.63) is 35.9 Å². The molecule has 1 unspecified atom stereocenters. The fourth-order valence-corrected chi connectivity index (χ4v) is 1.85. The molecule has 0 aliphatic carbocycles. The molecule has 0 N–H and O–H groups in total. The molecule has 1 aromatic carbocycles. The Morgan fingerprint density at radius 3 is 2.35 bits per heavy atom. The van der Waals surface area contributed by atoms with Gasteiger partial charge in [0, 0.05) is 11.4 Å². The van der Waals surface area contributed by atoms with Gasteiger partial charge in [0.05, 0.1) is 13.2 Å². The van der Waals surface area contributed by atoms with Crippen molar-refractivity contribution in [2.75, 3.05) is 19.1 Å². The number of rotatable bonds is 11. The lowest BCUT2D eigenvalue weighted by molar-refractivity contribution is -0.115. The zero-order valence-electron chi connectivity index (χ0n) is 12.0. The standard InChI is InChI=1S/C16H23ClO3/c1-2-3-12-19-16(20-13-8-7-11-17)15(18)14-9-5-4-6-10-14/h4-6,9-10,16H,2-3,7-8,11-13H2,1H3. The van der Waals surface area contributed by atoms with E-state index in [1.807, 2.05) is 18.2 Å². The third kappa shape index (κ3) is 6.51. The van der Waals surface area contributed by atoms with Gasteiger partial charge in [0.15, 0.2) is 0 Å². The van der Waals surface area contributed by atoms with Crippen LogP contribution in [0.15, 0.2) is 30.3 Å². The average Bonchev–Trinajstić information content (AvgIpc) is 2.50. The predicted octanol–water partition coefficient (Wildman–Crippen LogP) is 4.05. The first-order chi connectivity index (χ1) is 9.79. The van der Waals surface area contributed by atoms with Crippen LogP contribution in [0.5, 0.6) is 0 Å². The van der Waals surface area contributed by atoms with Crippen LogP contribution in [0.3, 0.4) is 0 Å². The quantitative estimate of drug-likeness (QED) is 0.268. The van der Waals surface area contributed by atoms with Gasteiger partial charge in [0.1, 0.15) is 0 Å². The summed E-state index contributed by atoms with van der Waals surface area (Å²) < 4.78 is 11.2. The normalized spacial score (nSPS) is 12.3. The second-order valence-corrected chi connectivity index (χ2v) is 4.93. The molecule has 0 aliphatic rings. The molecule has 0 aromatic heterocycles. The molecule has 0 saturated carbocycles. The van der Waals surface area contributed by atoms with E-state index in [0.717, 1.165) is 25.7 Å². The van der Waals surface area contributed by atoms with Gasteiger partial charge in [-0.1, -0.05) is 43.7 Å². The molecule has 0 heterocycles. The largest absolute Gasteiger partial charge is 0.346 e. The monoisotopic (exact) mass is 298 g/mol. The summed E-state index contributed by atoms with van der Waals surface area (Å²) in [5.41, 5.74) is 0.617. The maximum absolute atomic E-state index is 12.3. The SMILES string of the molecule is CCCCOC(OCCCCCl)C(=O)c1ccccc1. The number of hydrogen-bond acceptors (Lipinski definition) is 3. The third-order valence-electron chi connectivity index (χ3n) is 2.84. The van der Waals surface area contributed by atoms with Crippen LogP contribution in [-0.4, -0.2) is 31.2 Å². The Morgan fingerprint density at radius 2 is 1.75 bits per heavy atom. The molecule has 0 bridgehead atoms. The van der Waals surface area contributed by atoms with Gasteiger partial charge >= 0.3 is 0 Å². The second kappa shape index (κ2) is 10.8. The lowest BCUT2D eigenvalue weighted by atomic mass is 10.1. The van der Waals surface area contributed by atoms with Crippen molar-refractivity contribution in [1.29, 1.82) is 0 Å². The van der Waals surface area contributed by atoms with E-state index >= 15 is 0 Å². The summed E-state index contributed by atoms with van der Waals surface area (Å²) >= 11 is 5.62. The molecule has 20 heavy (non-hydrogen) atoms. The number of benzene rings is 1. The molecule has 0 aliphatic heterocycles. The number of ether oxygens (including phenoxy) is 2. The average molecular weight is 299 g/mol. The molecule has 1 rings (SSSR count). The van der Waals surface area contributed by atoms with Gasteiger partial charge in [-0.2, -0.15) is 0 Å². The topological polar surface area (TPSA) is 35.5 Å². The number of Topliss-reactive ketones (excluding diaryl/α,β-unsaturated/α-hetero) is 1. The van der Waals surface area contributed by atoms with Gasteiger partial charge in [-0.25, -0.2) is 0 Å². The summed E-state index contributed by atoms with van der Waals surface area (Å²) in [4.78, 5) is 12.3. The maximum atomic E-state index is 12.3. The lowest BCUT2D eigenvalue weighted by Gasteiger charge is -2.17. The number of carbonyl (C=O) groups excluding carboxylic acids is 1. The molecule has 0 spiro atoms. The molecule has 0 radical (unpaired) electrons. The van der Waals surface area contributed by atoms with Crippen molar-refractivity contribution >= 4 is 17.4 Å². The number of carbonyl (C=O) groups is 1. The zero-order chi connectivity index (χ0) is 14.6. The first kappa shape index (κ1) is 17.2. The Balaban J connectivity index is 2.53. The van der Waals surface area contributed by atoms with Gasteiger partial charge in [-0.3, -0.25) is 4.79 Å². The van der Waals surface area contributed by atoms with E-state index in [2.05, 4.69) is 6.92 Å².